The Labute approximate surface area is 113 Å². The molecule has 0 saturated carbocycles. The van der Waals surface area contributed by atoms with E-state index in [-0.39, 0.29) is 11.9 Å². The predicted octanol–water partition coefficient (Wildman–Crippen LogP) is 1.46. The molecule has 3 nitrogen and oxygen atoms in total. The number of nitrogens with zero attached hydrogens (tertiary/aromatic N) is 2. The number of hydrogen-bond acceptors (Lipinski definition) is 3. The molecule has 2 aliphatic rings. The normalized spacial score (nSPS) is 32.5. The summed E-state index contributed by atoms with van der Waals surface area (Å²) in [6, 6.07) is 7.83. The lowest BCUT2D eigenvalue weighted by Gasteiger charge is -2.42. The summed E-state index contributed by atoms with van der Waals surface area (Å²) in [6.45, 7) is 5.53. The van der Waals surface area contributed by atoms with Crippen LogP contribution in [-0.4, -0.2) is 52.7 Å². The van der Waals surface area contributed by atoms with Gasteiger partial charge in [0.25, 0.3) is 0 Å². The smallest absolute Gasteiger partial charge is 0.127 e. The molecular weight excluding hydrogens is 243 g/mol. The van der Waals surface area contributed by atoms with Crippen LogP contribution in [0.3, 0.4) is 0 Å². The predicted molar refractivity (Wildman–Crippen MR) is 72.3 cm³/mol. The van der Waals surface area contributed by atoms with Crippen LogP contribution in [0.4, 0.5) is 4.39 Å². The van der Waals surface area contributed by atoms with Gasteiger partial charge in [-0.3, -0.25) is 9.80 Å². The molecule has 2 aliphatic heterocycles. The second-order valence-electron chi connectivity index (χ2n) is 5.87. The van der Waals surface area contributed by atoms with Gasteiger partial charge in [-0.15, -0.1) is 0 Å². The highest BCUT2D eigenvalue weighted by molar-refractivity contribution is 5.17. The van der Waals surface area contributed by atoms with Crippen LogP contribution in [0.15, 0.2) is 24.3 Å². The molecule has 2 fully saturated rings. The lowest BCUT2D eigenvalue weighted by Crippen LogP contribution is -2.54. The van der Waals surface area contributed by atoms with Crippen LogP contribution in [0.5, 0.6) is 0 Å². The minimum absolute atomic E-state index is 0.122. The molecule has 4 heteroatoms. The Morgan fingerprint density at radius 3 is 2.84 bits per heavy atom. The second kappa shape index (κ2) is 5.19. The van der Waals surface area contributed by atoms with Crippen molar-refractivity contribution in [3.8, 4) is 0 Å². The first-order valence-electron chi connectivity index (χ1n) is 7.03. The third-order valence-corrected chi connectivity index (χ3v) is 4.40. The Bertz CT molecular complexity index is 454. The van der Waals surface area contributed by atoms with Crippen molar-refractivity contribution < 1.29 is 9.50 Å². The summed E-state index contributed by atoms with van der Waals surface area (Å²) in [7, 11) is 0. The molecule has 1 unspecified atom stereocenters. The Kier molecular flexibility index (Phi) is 3.56. The van der Waals surface area contributed by atoms with Crippen LogP contribution in [0, 0.1) is 5.82 Å². The Morgan fingerprint density at radius 1 is 1.26 bits per heavy atom. The monoisotopic (exact) mass is 264 g/mol. The van der Waals surface area contributed by atoms with Crippen molar-refractivity contribution in [1.82, 2.24) is 9.80 Å². The molecule has 19 heavy (non-hydrogen) atoms. The maximum absolute atomic E-state index is 13.7. The van der Waals surface area contributed by atoms with Gasteiger partial charge in [0.1, 0.15) is 5.82 Å². The number of fused-ring (bicyclic) bond motifs is 1. The first-order valence-corrected chi connectivity index (χ1v) is 7.03. The first-order chi connectivity index (χ1) is 9.13. The fourth-order valence-corrected chi connectivity index (χ4v) is 3.34. The van der Waals surface area contributed by atoms with Crippen LogP contribution in [0.1, 0.15) is 18.9 Å². The average molecular weight is 264 g/mol. The van der Waals surface area contributed by atoms with E-state index in [9.17, 15) is 9.50 Å². The van der Waals surface area contributed by atoms with E-state index in [0.717, 1.165) is 31.6 Å². The number of aliphatic hydroxyl groups excluding tert-OH is 1. The summed E-state index contributed by atoms with van der Waals surface area (Å²) in [6.07, 6.45) is 0.658. The number of rotatable bonds is 2. The third kappa shape index (κ3) is 2.66. The fourth-order valence-electron chi connectivity index (χ4n) is 3.34. The molecule has 0 spiro atoms. The summed E-state index contributed by atoms with van der Waals surface area (Å²) >= 11 is 0. The highest BCUT2D eigenvalue weighted by Gasteiger charge is 2.38. The van der Waals surface area contributed by atoms with Crippen molar-refractivity contribution in [3.63, 3.8) is 0 Å². The minimum Gasteiger partial charge on any atom is -0.392 e. The highest BCUT2D eigenvalue weighted by Crippen LogP contribution is 2.26. The Morgan fingerprint density at radius 2 is 2.05 bits per heavy atom. The van der Waals surface area contributed by atoms with Gasteiger partial charge in [0.15, 0.2) is 0 Å². The van der Waals surface area contributed by atoms with Gasteiger partial charge in [0.2, 0.25) is 0 Å². The first kappa shape index (κ1) is 13.0. The maximum Gasteiger partial charge on any atom is 0.127 e. The highest BCUT2D eigenvalue weighted by atomic mass is 19.1. The number of piperazine rings is 1. The molecule has 0 amide bonds. The summed E-state index contributed by atoms with van der Waals surface area (Å²) in [5.41, 5.74) is 0.765. The van der Waals surface area contributed by atoms with E-state index in [4.69, 9.17) is 0 Å². The summed E-state index contributed by atoms with van der Waals surface area (Å²) in [5, 5.41) is 9.75. The van der Waals surface area contributed by atoms with Gasteiger partial charge in [0.05, 0.1) is 6.10 Å². The van der Waals surface area contributed by atoms with E-state index in [1.165, 1.54) is 6.07 Å². The average Bonchev–Trinajstić information content (AvgIpc) is 2.71. The fraction of sp³-hybridized carbons (Fsp3) is 0.600. The van der Waals surface area contributed by atoms with E-state index in [2.05, 4.69) is 16.7 Å². The zero-order valence-electron chi connectivity index (χ0n) is 11.3. The van der Waals surface area contributed by atoms with Crippen molar-refractivity contribution in [2.75, 3.05) is 19.6 Å². The molecule has 1 aromatic carbocycles. The van der Waals surface area contributed by atoms with Gasteiger partial charge >= 0.3 is 0 Å². The molecular formula is C15H21FN2O. The second-order valence-corrected chi connectivity index (χ2v) is 5.87. The quantitative estimate of drug-likeness (QED) is 0.876. The van der Waals surface area contributed by atoms with E-state index < -0.39 is 0 Å². The van der Waals surface area contributed by atoms with Crippen molar-refractivity contribution >= 4 is 0 Å². The number of hydrogen-bond donors (Lipinski definition) is 1. The van der Waals surface area contributed by atoms with Crippen LogP contribution >= 0.6 is 0 Å². The minimum atomic E-state index is -0.189. The van der Waals surface area contributed by atoms with Gasteiger partial charge in [-0.2, -0.15) is 0 Å². The Balaban J connectivity index is 1.70. The maximum atomic E-state index is 13.7. The van der Waals surface area contributed by atoms with E-state index in [1.807, 2.05) is 12.1 Å². The van der Waals surface area contributed by atoms with Gasteiger partial charge in [0, 0.05) is 43.8 Å². The summed E-state index contributed by atoms with van der Waals surface area (Å²) in [4.78, 5) is 4.70. The molecule has 1 aromatic rings. The van der Waals surface area contributed by atoms with Crippen LogP contribution < -0.4 is 0 Å². The molecule has 0 bridgehead atoms. The van der Waals surface area contributed by atoms with Crippen LogP contribution in [-0.2, 0) is 6.54 Å². The third-order valence-electron chi connectivity index (χ3n) is 4.40. The van der Waals surface area contributed by atoms with E-state index in [0.29, 0.717) is 18.6 Å². The van der Waals surface area contributed by atoms with E-state index >= 15 is 0 Å². The van der Waals surface area contributed by atoms with Crippen LogP contribution in [0.25, 0.3) is 0 Å². The lowest BCUT2D eigenvalue weighted by molar-refractivity contribution is 0.0521. The molecule has 1 N–H and O–H groups in total. The van der Waals surface area contributed by atoms with Gasteiger partial charge < -0.3 is 5.11 Å². The molecule has 0 radical (unpaired) electrons. The topological polar surface area (TPSA) is 26.7 Å². The zero-order valence-corrected chi connectivity index (χ0v) is 11.3. The van der Waals surface area contributed by atoms with Crippen molar-refractivity contribution in [3.05, 3.63) is 35.6 Å². The summed E-state index contributed by atoms with van der Waals surface area (Å²) in [5.74, 6) is -0.122. The van der Waals surface area contributed by atoms with Crippen molar-refractivity contribution in [1.29, 1.82) is 0 Å². The molecule has 2 saturated heterocycles. The molecule has 0 aromatic heterocycles. The SMILES string of the molecule is C[C@H]1CN2C[C@H](O)CC2CN1Cc1ccccc1F. The number of aliphatic hydroxyl groups is 1. The van der Waals surface area contributed by atoms with Gasteiger partial charge in [-0.1, -0.05) is 18.2 Å². The standard InChI is InChI=1S/C15H21FN2O/c1-11-7-18-10-14(19)6-13(18)9-17(11)8-12-4-2-3-5-15(12)16/h2-5,11,13-14,19H,6-10H2,1H3/t11-,13?,14+/m0/s1. The molecule has 3 atom stereocenters. The molecule has 2 heterocycles. The molecule has 0 aliphatic carbocycles. The zero-order chi connectivity index (χ0) is 13.4. The van der Waals surface area contributed by atoms with E-state index in [1.54, 1.807) is 6.07 Å². The van der Waals surface area contributed by atoms with Gasteiger partial charge in [-0.05, 0) is 19.4 Å². The lowest BCUT2D eigenvalue weighted by atomic mass is 10.1. The largest absolute Gasteiger partial charge is 0.392 e. The van der Waals surface area contributed by atoms with Crippen LogP contribution in [0.2, 0.25) is 0 Å². The number of benzene rings is 1. The molecule has 3 rings (SSSR count). The number of halogens is 1. The van der Waals surface area contributed by atoms with Crippen molar-refractivity contribution in [2.45, 2.75) is 38.1 Å². The van der Waals surface area contributed by atoms with Gasteiger partial charge in [-0.25, -0.2) is 4.39 Å². The Hall–Kier alpha value is -0.970. The summed E-state index contributed by atoms with van der Waals surface area (Å²) < 4.78 is 13.7. The molecule has 104 valence electrons. The van der Waals surface area contributed by atoms with Crippen molar-refractivity contribution in [2.24, 2.45) is 0 Å².